The first kappa shape index (κ1) is 28.5. The number of fused-ring (bicyclic) bond motifs is 1. The molecule has 1 heterocycles. The number of non-ortho nitro benzene ring substituents is 1. The Morgan fingerprint density at radius 2 is 1.86 bits per heavy atom. The molecule has 0 spiro atoms. The fourth-order valence-electron chi connectivity index (χ4n) is 3.55. The Hall–Kier alpha value is -3.70. The molecular formula is C24H35N5O7. The number of alkyl carbamates (subject to hydrolysis) is 1. The van der Waals surface area contributed by atoms with E-state index < -0.39 is 40.6 Å². The van der Waals surface area contributed by atoms with Gasteiger partial charge in [0.2, 0.25) is 5.91 Å². The van der Waals surface area contributed by atoms with Gasteiger partial charge in [0.1, 0.15) is 23.5 Å². The van der Waals surface area contributed by atoms with Crippen LogP contribution in [0.15, 0.2) is 18.2 Å². The molecule has 2 amide bonds. The van der Waals surface area contributed by atoms with Gasteiger partial charge >= 0.3 is 12.1 Å². The zero-order valence-corrected chi connectivity index (χ0v) is 21.8. The minimum atomic E-state index is -1.04. The molecule has 0 aliphatic heterocycles. The number of nitrogens with one attached hydrogen (secondary N) is 2. The fraction of sp³-hybridized carbons (Fsp3) is 0.583. The maximum atomic E-state index is 13.2. The zero-order valence-electron chi connectivity index (χ0n) is 21.8. The van der Waals surface area contributed by atoms with Gasteiger partial charge in [-0.25, -0.2) is 14.6 Å². The molecule has 0 aliphatic carbocycles. The first-order valence-corrected chi connectivity index (χ1v) is 11.8. The topological polar surface area (TPSA) is 155 Å². The number of nitro benzene ring substituents is 1. The van der Waals surface area contributed by atoms with E-state index in [0.717, 1.165) is 0 Å². The second-order valence-corrected chi connectivity index (χ2v) is 9.74. The Morgan fingerprint density at radius 1 is 1.19 bits per heavy atom. The van der Waals surface area contributed by atoms with Crippen LogP contribution in [0.2, 0.25) is 0 Å². The van der Waals surface area contributed by atoms with Crippen molar-refractivity contribution in [2.24, 2.45) is 13.0 Å². The lowest BCUT2D eigenvalue weighted by molar-refractivity contribution is -0.384. The lowest BCUT2D eigenvalue weighted by Gasteiger charge is -2.26. The number of aromatic nitrogens is 2. The van der Waals surface area contributed by atoms with Crippen molar-refractivity contribution in [1.82, 2.24) is 20.2 Å². The van der Waals surface area contributed by atoms with Gasteiger partial charge in [0.15, 0.2) is 0 Å². The molecule has 36 heavy (non-hydrogen) atoms. The molecule has 0 unspecified atom stereocenters. The Morgan fingerprint density at radius 3 is 2.42 bits per heavy atom. The molecule has 0 fully saturated rings. The Bertz CT molecular complexity index is 1120. The van der Waals surface area contributed by atoms with Crippen molar-refractivity contribution in [3.63, 3.8) is 0 Å². The molecule has 1 aromatic heterocycles. The van der Waals surface area contributed by atoms with Gasteiger partial charge in [-0.3, -0.25) is 14.9 Å². The van der Waals surface area contributed by atoms with Crippen molar-refractivity contribution in [3.05, 3.63) is 34.1 Å². The van der Waals surface area contributed by atoms with Crippen LogP contribution in [-0.4, -0.2) is 56.7 Å². The van der Waals surface area contributed by atoms with Crippen molar-refractivity contribution < 1.29 is 28.8 Å². The number of imidazole rings is 1. The summed E-state index contributed by atoms with van der Waals surface area (Å²) in [5.74, 6) is -0.804. The van der Waals surface area contributed by atoms with Crippen molar-refractivity contribution in [2.45, 2.75) is 72.1 Å². The largest absolute Gasteiger partial charge is 0.464 e. The lowest BCUT2D eigenvalue weighted by atomic mass is 10.0. The number of ether oxygens (including phenoxy) is 2. The average molecular weight is 506 g/mol. The summed E-state index contributed by atoms with van der Waals surface area (Å²) in [7, 11) is 1.77. The molecule has 0 saturated carbocycles. The SMILES string of the molecule is CCOC(=O)[C@@H](NC(=O)[C@H](CCc1nc2cc([N+](=O)[O-])ccc2n1C)NC(=O)OC(C)(C)C)C(C)C. The first-order valence-electron chi connectivity index (χ1n) is 11.8. The van der Waals surface area contributed by atoms with E-state index in [-0.39, 0.29) is 31.1 Å². The lowest BCUT2D eigenvalue weighted by Crippen LogP contribution is -2.54. The van der Waals surface area contributed by atoms with Gasteiger partial charge in [-0.05, 0) is 46.1 Å². The maximum Gasteiger partial charge on any atom is 0.408 e. The molecule has 12 heteroatoms. The molecule has 2 atom stereocenters. The number of hydrogen-bond acceptors (Lipinski definition) is 8. The number of hydrogen-bond donors (Lipinski definition) is 2. The number of amides is 2. The van der Waals surface area contributed by atoms with E-state index in [1.54, 1.807) is 59.2 Å². The molecule has 0 saturated heterocycles. The molecule has 0 aliphatic rings. The molecule has 0 radical (unpaired) electrons. The zero-order chi connectivity index (χ0) is 27.2. The molecule has 198 valence electrons. The van der Waals surface area contributed by atoms with Crippen LogP contribution >= 0.6 is 0 Å². The third-order valence-corrected chi connectivity index (χ3v) is 5.34. The molecule has 0 bridgehead atoms. The van der Waals surface area contributed by atoms with E-state index in [9.17, 15) is 24.5 Å². The van der Waals surface area contributed by atoms with Gasteiger partial charge in [-0.15, -0.1) is 0 Å². The summed E-state index contributed by atoms with van der Waals surface area (Å²) in [6.45, 7) is 10.5. The van der Waals surface area contributed by atoms with Crippen LogP contribution in [0.3, 0.4) is 0 Å². The summed E-state index contributed by atoms with van der Waals surface area (Å²) in [4.78, 5) is 53.1. The fourth-order valence-corrected chi connectivity index (χ4v) is 3.55. The third-order valence-electron chi connectivity index (χ3n) is 5.34. The van der Waals surface area contributed by atoms with E-state index in [1.165, 1.54) is 12.1 Å². The van der Waals surface area contributed by atoms with E-state index >= 15 is 0 Å². The number of nitrogens with zero attached hydrogens (tertiary/aromatic N) is 3. The monoisotopic (exact) mass is 505 g/mol. The highest BCUT2D eigenvalue weighted by atomic mass is 16.6. The van der Waals surface area contributed by atoms with Gasteiger partial charge in [0, 0.05) is 25.6 Å². The maximum absolute atomic E-state index is 13.2. The smallest absolute Gasteiger partial charge is 0.408 e. The van der Waals surface area contributed by atoms with Crippen LogP contribution in [0.1, 0.15) is 53.8 Å². The molecule has 2 aromatic rings. The summed E-state index contributed by atoms with van der Waals surface area (Å²) >= 11 is 0. The molecular weight excluding hydrogens is 470 g/mol. The predicted octanol–water partition coefficient (Wildman–Crippen LogP) is 3.01. The summed E-state index contributed by atoms with van der Waals surface area (Å²) in [5.41, 5.74) is 0.293. The van der Waals surface area contributed by atoms with Crippen LogP contribution in [0.5, 0.6) is 0 Å². The highest BCUT2D eigenvalue weighted by Gasteiger charge is 2.31. The summed E-state index contributed by atoms with van der Waals surface area (Å²) in [6, 6.07) is 2.46. The van der Waals surface area contributed by atoms with E-state index in [1.807, 2.05) is 0 Å². The van der Waals surface area contributed by atoms with Gasteiger partial charge in [-0.1, -0.05) is 13.8 Å². The Labute approximate surface area is 209 Å². The normalized spacial score (nSPS) is 13.2. The highest BCUT2D eigenvalue weighted by molar-refractivity contribution is 5.89. The Balaban J connectivity index is 2.27. The average Bonchev–Trinajstić information content (AvgIpc) is 3.08. The van der Waals surface area contributed by atoms with Crippen molar-refractivity contribution in [2.75, 3.05) is 6.61 Å². The van der Waals surface area contributed by atoms with E-state index in [2.05, 4.69) is 15.6 Å². The minimum Gasteiger partial charge on any atom is -0.464 e. The van der Waals surface area contributed by atoms with Gasteiger partial charge < -0.3 is 24.7 Å². The molecule has 2 N–H and O–H groups in total. The van der Waals surface area contributed by atoms with Crippen LogP contribution in [-0.2, 0) is 32.5 Å². The number of benzene rings is 1. The van der Waals surface area contributed by atoms with Crippen molar-refractivity contribution in [1.29, 1.82) is 0 Å². The Kier molecular flexibility index (Phi) is 9.37. The summed E-state index contributed by atoms with van der Waals surface area (Å²) < 4.78 is 12.2. The van der Waals surface area contributed by atoms with Gasteiger partial charge in [0.05, 0.1) is 22.6 Å². The third kappa shape index (κ3) is 7.65. The molecule has 12 nitrogen and oxygen atoms in total. The molecule has 2 rings (SSSR count). The van der Waals surface area contributed by atoms with Crippen LogP contribution in [0, 0.1) is 16.0 Å². The van der Waals surface area contributed by atoms with Crippen molar-refractivity contribution >= 4 is 34.7 Å². The molecule has 1 aromatic carbocycles. The van der Waals surface area contributed by atoms with Crippen molar-refractivity contribution in [3.8, 4) is 0 Å². The number of aryl methyl sites for hydroxylation is 2. The second kappa shape index (κ2) is 11.8. The van der Waals surface area contributed by atoms with Gasteiger partial charge in [-0.2, -0.15) is 0 Å². The number of carbonyl (C=O) groups is 3. The standard InChI is InChI=1S/C24H35N5O7/c1-8-35-22(31)20(14(2)3)27-21(30)16(26-23(32)36-24(4,5)6)10-12-19-25-17-13-15(29(33)34)9-11-18(17)28(19)7/h9,11,13-14,16,20H,8,10,12H2,1-7H3,(H,26,32)(H,27,30)/t16-,20-/m0/s1. The highest BCUT2D eigenvalue weighted by Crippen LogP contribution is 2.22. The second-order valence-electron chi connectivity index (χ2n) is 9.74. The van der Waals surface area contributed by atoms with Crippen LogP contribution < -0.4 is 10.6 Å². The van der Waals surface area contributed by atoms with E-state index in [0.29, 0.717) is 16.9 Å². The van der Waals surface area contributed by atoms with E-state index in [4.69, 9.17) is 9.47 Å². The first-order chi connectivity index (χ1) is 16.7. The summed E-state index contributed by atoms with van der Waals surface area (Å²) in [6.07, 6.45) is -0.378. The van der Waals surface area contributed by atoms with Gasteiger partial charge in [0.25, 0.3) is 5.69 Å². The number of rotatable bonds is 10. The minimum absolute atomic E-state index is 0.0744. The summed E-state index contributed by atoms with van der Waals surface area (Å²) in [5, 5.41) is 16.4. The van der Waals surface area contributed by atoms with Crippen LogP contribution in [0.4, 0.5) is 10.5 Å². The number of carbonyl (C=O) groups excluding carboxylic acids is 3. The number of nitro groups is 1. The number of esters is 1. The van der Waals surface area contributed by atoms with Crippen LogP contribution in [0.25, 0.3) is 11.0 Å². The predicted molar refractivity (Wildman–Crippen MR) is 132 cm³/mol. The quantitative estimate of drug-likeness (QED) is 0.284.